The van der Waals surface area contributed by atoms with Gasteiger partial charge < -0.3 is 10.1 Å². The van der Waals surface area contributed by atoms with Crippen LogP contribution in [-0.2, 0) is 4.74 Å². The van der Waals surface area contributed by atoms with Gasteiger partial charge in [-0.25, -0.2) is 0 Å². The number of ether oxygens (including phenoxy) is 1. The van der Waals surface area contributed by atoms with Gasteiger partial charge >= 0.3 is 0 Å². The highest BCUT2D eigenvalue weighted by Gasteiger charge is 2.17. The highest BCUT2D eigenvalue weighted by Crippen LogP contribution is 2.31. The molecule has 0 aliphatic carbocycles. The van der Waals surface area contributed by atoms with Crippen molar-refractivity contribution in [2.75, 3.05) is 17.7 Å². The van der Waals surface area contributed by atoms with Gasteiger partial charge in [-0.2, -0.15) is 0 Å². The molecule has 4 nitrogen and oxygen atoms in total. The van der Waals surface area contributed by atoms with Gasteiger partial charge in [0, 0.05) is 18.0 Å². The van der Waals surface area contributed by atoms with E-state index in [0.29, 0.717) is 6.10 Å². The fourth-order valence-corrected chi connectivity index (χ4v) is 4.12. The van der Waals surface area contributed by atoms with E-state index in [2.05, 4.69) is 47.6 Å². The first-order chi connectivity index (χ1) is 10.2. The van der Waals surface area contributed by atoms with Crippen molar-refractivity contribution >= 4 is 33.9 Å². The topological polar surface area (TPSA) is 47.0 Å². The molecule has 0 amide bonds. The first-order valence-corrected chi connectivity index (χ1v) is 8.94. The monoisotopic (exact) mass is 321 g/mol. The Labute approximate surface area is 133 Å². The zero-order valence-corrected chi connectivity index (χ0v) is 13.9. The van der Waals surface area contributed by atoms with Crippen molar-refractivity contribution in [3.05, 3.63) is 29.3 Å². The minimum absolute atomic E-state index is 0.384. The van der Waals surface area contributed by atoms with Crippen LogP contribution in [-0.4, -0.2) is 28.7 Å². The number of hydrogen-bond donors (Lipinski definition) is 1. The summed E-state index contributed by atoms with van der Waals surface area (Å²) in [4.78, 5) is 0. The number of thioether (sulfide) groups is 1. The zero-order valence-electron chi connectivity index (χ0n) is 12.3. The fourth-order valence-electron chi connectivity index (χ4n) is 2.26. The van der Waals surface area contributed by atoms with Crippen molar-refractivity contribution in [2.45, 2.75) is 37.1 Å². The van der Waals surface area contributed by atoms with Crippen molar-refractivity contribution in [3.63, 3.8) is 0 Å². The van der Waals surface area contributed by atoms with E-state index in [0.717, 1.165) is 27.5 Å². The lowest BCUT2D eigenvalue weighted by atomic mass is 10.1. The normalized spacial score (nSPS) is 18.1. The quantitative estimate of drug-likeness (QED) is 0.838. The summed E-state index contributed by atoms with van der Waals surface area (Å²) in [6.45, 7) is 5.13. The Balaban J connectivity index is 1.60. The summed E-state index contributed by atoms with van der Waals surface area (Å²) in [6, 6.07) is 6.24. The second-order valence-corrected chi connectivity index (χ2v) is 7.44. The molecule has 1 N–H and O–H groups in total. The minimum Gasteiger partial charge on any atom is -0.377 e. The Morgan fingerprint density at radius 3 is 3.10 bits per heavy atom. The van der Waals surface area contributed by atoms with Gasteiger partial charge in [0.05, 0.1) is 6.10 Å². The van der Waals surface area contributed by atoms with Gasteiger partial charge in [0.2, 0.25) is 5.13 Å². The van der Waals surface area contributed by atoms with Crippen molar-refractivity contribution in [3.8, 4) is 0 Å². The summed E-state index contributed by atoms with van der Waals surface area (Å²) in [5, 5.41) is 12.7. The number of rotatable bonds is 5. The molecule has 1 saturated heterocycles. The first-order valence-electron chi connectivity index (χ1n) is 7.13. The lowest BCUT2D eigenvalue weighted by Crippen LogP contribution is -2.07. The van der Waals surface area contributed by atoms with Crippen LogP contribution in [0.5, 0.6) is 0 Å². The SMILES string of the molecule is Cc1cccc(Nc2nnc(SC[C@H]3CCCO3)s2)c1C. The molecule has 0 bridgehead atoms. The van der Waals surface area contributed by atoms with Crippen LogP contribution >= 0.6 is 23.1 Å². The van der Waals surface area contributed by atoms with Gasteiger partial charge in [-0.05, 0) is 43.9 Å². The van der Waals surface area contributed by atoms with Gasteiger partial charge in [-0.3, -0.25) is 0 Å². The van der Waals surface area contributed by atoms with E-state index >= 15 is 0 Å². The Morgan fingerprint density at radius 2 is 2.29 bits per heavy atom. The molecule has 0 spiro atoms. The zero-order chi connectivity index (χ0) is 14.7. The largest absolute Gasteiger partial charge is 0.377 e. The lowest BCUT2D eigenvalue weighted by Gasteiger charge is -2.08. The summed E-state index contributed by atoms with van der Waals surface area (Å²) in [6.07, 6.45) is 2.73. The number of hydrogen-bond acceptors (Lipinski definition) is 6. The third kappa shape index (κ3) is 3.75. The van der Waals surface area contributed by atoms with Gasteiger partial charge in [-0.1, -0.05) is 35.2 Å². The van der Waals surface area contributed by atoms with Crippen LogP contribution in [0.2, 0.25) is 0 Å². The molecule has 2 aromatic rings. The Bertz CT molecular complexity index is 609. The molecule has 0 radical (unpaired) electrons. The van der Waals surface area contributed by atoms with E-state index in [1.54, 1.807) is 23.1 Å². The van der Waals surface area contributed by atoms with E-state index < -0.39 is 0 Å². The molecule has 1 aliphatic heterocycles. The highest BCUT2D eigenvalue weighted by atomic mass is 32.2. The Morgan fingerprint density at radius 1 is 1.38 bits per heavy atom. The number of nitrogens with zero attached hydrogens (tertiary/aromatic N) is 2. The van der Waals surface area contributed by atoms with Crippen LogP contribution in [0, 0.1) is 13.8 Å². The molecule has 1 fully saturated rings. The second kappa shape index (κ2) is 6.77. The van der Waals surface area contributed by atoms with Crippen molar-refractivity contribution in [2.24, 2.45) is 0 Å². The molecule has 112 valence electrons. The molecule has 1 aromatic carbocycles. The van der Waals surface area contributed by atoms with Crippen LogP contribution in [0.3, 0.4) is 0 Å². The predicted octanol–water partition coefficient (Wildman–Crippen LogP) is 4.17. The van der Waals surface area contributed by atoms with Crippen LogP contribution in [0.15, 0.2) is 22.5 Å². The number of anilines is 2. The third-order valence-electron chi connectivity index (χ3n) is 3.67. The van der Waals surface area contributed by atoms with Gasteiger partial charge in [-0.15, -0.1) is 10.2 Å². The molecule has 6 heteroatoms. The summed E-state index contributed by atoms with van der Waals surface area (Å²) in [5.41, 5.74) is 3.63. The van der Waals surface area contributed by atoms with Crippen molar-refractivity contribution in [1.29, 1.82) is 0 Å². The standard InChI is InChI=1S/C15H19N3OS2/c1-10-5-3-7-13(11(10)2)16-14-17-18-15(21-14)20-9-12-6-4-8-19-12/h3,5,7,12H,4,6,8-9H2,1-2H3,(H,16,17)/t12-/m1/s1. The number of aromatic nitrogens is 2. The molecular formula is C15H19N3OS2. The fraction of sp³-hybridized carbons (Fsp3) is 0.467. The van der Waals surface area contributed by atoms with E-state index in [1.807, 2.05) is 0 Å². The molecule has 1 aliphatic rings. The van der Waals surface area contributed by atoms with E-state index in [1.165, 1.54) is 24.0 Å². The van der Waals surface area contributed by atoms with Crippen molar-refractivity contribution in [1.82, 2.24) is 10.2 Å². The minimum atomic E-state index is 0.384. The molecule has 1 aromatic heterocycles. The molecule has 3 rings (SSSR count). The second-order valence-electron chi connectivity index (χ2n) is 5.19. The van der Waals surface area contributed by atoms with E-state index in [4.69, 9.17) is 4.74 Å². The summed E-state index contributed by atoms with van der Waals surface area (Å²) >= 11 is 3.34. The van der Waals surface area contributed by atoms with Crippen LogP contribution < -0.4 is 5.32 Å². The van der Waals surface area contributed by atoms with Gasteiger partial charge in [0.1, 0.15) is 0 Å². The van der Waals surface area contributed by atoms with E-state index in [9.17, 15) is 0 Å². The smallest absolute Gasteiger partial charge is 0.210 e. The lowest BCUT2D eigenvalue weighted by molar-refractivity contribution is 0.129. The molecule has 21 heavy (non-hydrogen) atoms. The Kier molecular flexibility index (Phi) is 4.77. The van der Waals surface area contributed by atoms with Crippen LogP contribution in [0.25, 0.3) is 0 Å². The number of nitrogens with one attached hydrogen (secondary N) is 1. The average Bonchev–Trinajstić information content (AvgIpc) is 3.13. The molecule has 1 atom stereocenters. The predicted molar refractivity (Wildman–Crippen MR) is 88.8 cm³/mol. The highest BCUT2D eigenvalue weighted by molar-refractivity contribution is 8.01. The Hall–Kier alpha value is -1.11. The third-order valence-corrected chi connectivity index (χ3v) is 5.77. The molecule has 0 unspecified atom stereocenters. The van der Waals surface area contributed by atoms with Gasteiger partial charge in [0.25, 0.3) is 0 Å². The molecular weight excluding hydrogens is 302 g/mol. The molecule has 0 saturated carbocycles. The number of aryl methyl sites for hydroxylation is 1. The maximum Gasteiger partial charge on any atom is 0.210 e. The van der Waals surface area contributed by atoms with E-state index in [-0.39, 0.29) is 0 Å². The first kappa shape index (κ1) is 14.8. The molecule has 2 heterocycles. The van der Waals surface area contributed by atoms with Crippen molar-refractivity contribution < 1.29 is 4.74 Å². The summed E-state index contributed by atoms with van der Waals surface area (Å²) in [5.74, 6) is 0.970. The number of benzene rings is 1. The summed E-state index contributed by atoms with van der Waals surface area (Å²) < 4.78 is 6.62. The summed E-state index contributed by atoms with van der Waals surface area (Å²) in [7, 11) is 0. The maximum absolute atomic E-state index is 5.63. The van der Waals surface area contributed by atoms with Gasteiger partial charge in [0.15, 0.2) is 4.34 Å². The van der Waals surface area contributed by atoms with Crippen LogP contribution in [0.4, 0.5) is 10.8 Å². The van der Waals surface area contributed by atoms with Crippen LogP contribution in [0.1, 0.15) is 24.0 Å². The average molecular weight is 321 g/mol. The maximum atomic E-state index is 5.63.